The topological polar surface area (TPSA) is 55.6 Å². The van der Waals surface area contributed by atoms with Crippen LogP contribution in [0.15, 0.2) is 18.2 Å². The van der Waals surface area contributed by atoms with E-state index in [4.69, 9.17) is 10.5 Å². The fraction of sp³-hybridized carbons (Fsp3) is 0.562. The van der Waals surface area contributed by atoms with Gasteiger partial charge < -0.3 is 10.5 Å². The monoisotopic (exact) mass is 276 g/mol. The Hall–Kier alpha value is -1.55. The third kappa shape index (κ3) is 3.31. The number of nitrogens with two attached hydrogens (primary N) is 1. The van der Waals surface area contributed by atoms with Crippen LogP contribution < -0.4 is 10.6 Å². The number of fused-ring (bicyclic) bond motifs is 1. The Kier molecular flexibility index (Phi) is 4.04. The van der Waals surface area contributed by atoms with Crippen molar-refractivity contribution in [1.82, 2.24) is 0 Å². The van der Waals surface area contributed by atoms with E-state index in [1.807, 2.05) is 39.8 Å². The summed E-state index contributed by atoms with van der Waals surface area (Å²) in [5.74, 6) is 0. The third-order valence-electron chi connectivity index (χ3n) is 3.36. The largest absolute Gasteiger partial charge is 0.443 e. The fourth-order valence-corrected chi connectivity index (χ4v) is 2.41. The predicted molar refractivity (Wildman–Crippen MR) is 80.9 cm³/mol. The van der Waals surface area contributed by atoms with E-state index in [0.717, 1.165) is 24.1 Å². The number of anilines is 1. The molecule has 2 rings (SSSR count). The summed E-state index contributed by atoms with van der Waals surface area (Å²) in [6.07, 6.45) is 1.66. The molecule has 0 fully saturated rings. The molecule has 4 nitrogen and oxygen atoms in total. The molecule has 0 aromatic heterocycles. The lowest BCUT2D eigenvalue weighted by Gasteiger charge is -2.32. The highest BCUT2D eigenvalue weighted by Crippen LogP contribution is 2.30. The zero-order valence-electron chi connectivity index (χ0n) is 12.8. The van der Waals surface area contributed by atoms with E-state index in [1.54, 1.807) is 4.90 Å². The van der Waals surface area contributed by atoms with Crippen LogP contribution in [-0.4, -0.2) is 18.2 Å². The van der Waals surface area contributed by atoms with Gasteiger partial charge in [0.2, 0.25) is 0 Å². The van der Waals surface area contributed by atoms with Crippen molar-refractivity contribution in [2.24, 2.45) is 5.73 Å². The van der Waals surface area contributed by atoms with Crippen molar-refractivity contribution in [3.63, 3.8) is 0 Å². The lowest BCUT2D eigenvalue weighted by Crippen LogP contribution is -2.39. The van der Waals surface area contributed by atoms with Crippen molar-refractivity contribution in [3.8, 4) is 0 Å². The second kappa shape index (κ2) is 5.44. The molecule has 2 N–H and O–H groups in total. The molecule has 4 heteroatoms. The maximum Gasteiger partial charge on any atom is 0.414 e. The van der Waals surface area contributed by atoms with Crippen LogP contribution in [0, 0.1) is 0 Å². The Morgan fingerprint density at radius 2 is 2.10 bits per heavy atom. The van der Waals surface area contributed by atoms with E-state index in [-0.39, 0.29) is 12.1 Å². The highest BCUT2D eigenvalue weighted by atomic mass is 16.6. The fourth-order valence-electron chi connectivity index (χ4n) is 2.41. The van der Waals surface area contributed by atoms with Crippen molar-refractivity contribution >= 4 is 11.8 Å². The number of benzene rings is 1. The van der Waals surface area contributed by atoms with Gasteiger partial charge in [-0.1, -0.05) is 12.1 Å². The van der Waals surface area contributed by atoms with Crippen molar-refractivity contribution < 1.29 is 9.53 Å². The zero-order valence-corrected chi connectivity index (χ0v) is 12.8. The first-order valence-electron chi connectivity index (χ1n) is 7.17. The lowest BCUT2D eigenvalue weighted by molar-refractivity contribution is 0.0578. The first-order chi connectivity index (χ1) is 9.28. The Balaban J connectivity index is 2.27. The van der Waals surface area contributed by atoms with Gasteiger partial charge in [-0.2, -0.15) is 0 Å². The van der Waals surface area contributed by atoms with Crippen LogP contribution in [0.25, 0.3) is 0 Å². The number of aryl methyl sites for hydroxylation is 1. The maximum absolute atomic E-state index is 12.3. The molecule has 0 saturated carbocycles. The van der Waals surface area contributed by atoms with Crippen LogP contribution >= 0.6 is 0 Å². The minimum Gasteiger partial charge on any atom is -0.443 e. The number of ether oxygens (including phenoxy) is 1. The van der Waals surface area contributed by atoms with Crippen molar-refractivity contribution in [2.45, 2.75) is 52.2 Å². The van der Waals surface area contributed by atoms with Gasteiger partial charge in [0.25, 0.3) is 0 Å². The van der Waals surface area contributed by atoms with Gasteiger partial charge in [-0.05, 0) is 57.7 Å². The van der Waals surface area contributed by atoms with E-state index in [1.165, 1.54) is 5.56 Å². The summed E-state index contributed by atoms with van der Waals surface area (Å²) in [6, 6.07) is 6.09. The van der Waals surface area contributed by atoms with Gasteiger partial charge in [-0.15, -0.1) is 0 Å². The molecular weight excluding hydrogens is 252 g/mol. The second-order valence-corrected chi connectivity index (χ2v) is 6.41. The van der Waals surface area contributed by atoms with Gasteiger partial charge in [-0.3, -0.25) is 4.90 Å². The van der Waals surface area contributed by atoms with Gasteiger partial charge in [-0.25, -0.2) is 4.79 Å². The summed E-state index contributed by atoms with van der Waals surface area (Å²) in [4.78, 5) is 14.0. The maximum atomic E-state index is 12.3. The second-order valence-electron chi connectivity index (χ2n) is 6.41. The molecule has 20 heavy (non-hydrogen) atoms. The molecule has 1 atom stereocenters. The molecule has 0 unspecified atom stereocenters. The molecule has 0 aliphatic carbocycles. The van der Waals surface area contributed by atoms with Gasteiger partial charge in [0.15, 0.2) is 0 Å². The number of carbonyl (C=O) groups is 1. The number of carbonyl (C=O) groups excluding carboxylic acids is 1. The lowest BCUT2D eigenvalue weighted by atomic mass is 9.97. The van der Waals surface area contributed by atoms with Crippen LogP contribution in [0.4, 0.5) is 10.5 Å². The van der Waals surface area contributed by atoms with E-state index in [9.17, 15) is 4.79 Å². The van der Waals surface area contributed by atoms with Crippen molar-refractivity contribution in [2.75, 3.05) is 11.4 Å². The minimum absolute atomic E-state index is 0.0113. The number of nitrogens with zero attached hydrogens (tertiary/aromatic N) is 1. The molecule has 0 radical (unpaired) electrons. The summed E-state index contributed by atoms with van der Waals surface area (Å²) in [5, 5.41) is 0. The Labute approximate surface area is 120 Å². The van der Waals surface area contributed by atoms with E-state index in [2.05, 4.69) is 6.07 Å². The molecule has 1 aliphatic rings. The van der Waals surface area contributed by atoms with Crippen LogP contribution in [0.1, 0.15) is 51.3 Å². The summed E-state index contributed by atoms with van der Waals surface area (Å²) in [6.45, 7) is 8.33. The van der Waals surface area contributed by atoms with Crippen molar-refractivity contribution in [3.05, 3.63) is 29.3 Å². The number of hydrogen-bond acceptors (Lipinski definition) is 3. The predicted octanol–water partition coefficient (Wildman–Crippen LogP) is 3.39. The Morgan fingerprint density at radius 3 is 2.70 bits per heavy atom. The highest BCUT2D eigenvalue weighted by molar-refractivity contribution is 5.89. The number of amides is 1. The van der Waals surface area contributed by atoms with Gasteiger partial charge in [0.05, 0.1) is 5.69 Å². The quantitative estimate of drug-likeness (QED) is 0.855. The zero-order chi connectivity index (χ0) is 14.9. The van der Waals surface area contributed by atoms with Crippen molar-refractivity contribution in [1.29, 1.82) is 0 Å². The van der Waals surface area contributed by atoms with Gasteiger partial charge >= 0.3 is 6.09 Å². The molecule has 1 heterocycles. The normalized spacial score (nSPS) is 16.6. The van der Waals surface area contributed by atoms with Crippen LogP contribution in [0.3, 0.4) is 0 Å². The number of rotatable bonds is 1. The molecule has 0 saturated heterocycles. The molecule has 0 spiro atoms. The first-order valence-corrected chi connectivity index (χ1v) is 7.17. The van der Waals surface area contributed by atoms with Crippen LogP contribution in [0.2, 0.25) is 0 Å². The average molecular weight is 276 g/mol. The molecule has 1 aromatic rings. The molecule has 1 aliphatic heterocycles. The minimum atomic E-state index is -0.472. The standard InChI is InChI=1S/C16H24N2O2/c1-11(17)12-7-8-14-13(10-12)6-5-9-18(14)15(19)20-16(2,3)4/h7-8,10-11H,5-6,9,17H2,1-4H3/t11-/m0/s1. The summed E-state index contributed by atoms with van der Waals surface area (Å²) in [5.41, 5.74) is 8.69. The molecule has 1 aromatic carbocycles. The van der Waals surface area contributed by atoms with E-state index in [0.29, 0.717) is 6.54 Å². The van der Waals surface area contributed by atoms with Crippen LogP contribution in [0.5, 0.6) is 0 Å². The molecule has 0 bridgehead atoms. The smallest absolute Gasteiger partial charge is 0.414 e. The summed E-state index contributed by atoms with van der Waals surface area (Å²) in [7, 11) is 0. The molecule has 1 amide bonds. The number of hydrogen-bond donors (Lipinski definition) is 1. The highest BCUT2D eigenvalue weighted by Gasteiger charge is 2.27. The first kappa shape index (κ1) is 14.9. The van der Waals surface area contributed by atoms with Crippen LogP contribution in [-0.2, 0) is 11.2 Å². The Morgan fingerprint density at radius 1 is 1.40 bits per heavy atom. The third-order valence-corrected chi connectivity index (χ3v) is 3.36. The Bertz CT molecular complexity index is 504. The summed E-state index contributed by atoms with van der Waals surface area (Å²) >= 11 is 0. The summed E-state index contributed by atoms with van der Waals surface area (Å²) < 4.78 is 5.47. The average Bonchev–Trinajstić information content (AvgIpc) is 2.35. The van der Waals surface area contributed by atoms with E-state index >= 15 is 0 Å². The molecular formula is C16H24N2O2. The van der Waals surface area contributed by atoms with Gasteiger partial charge in [0.1, 0.15) is 5.60 Å². The SMILES string of the molecule is C[C@H](N)c1ccc2c(c1)CCCN2C(=O)OC(C)(C)C. The van der Waals surface area contributed by atoms with Gasteiger partial charge in [0, 0.05) is 12.6 Å². The molecule has 110 valence electrons. The van der Waals surface area contributed by atoms with E-state index < -0.39 is 5.60 Å².